The molecule has 0 aliphatic carbocycles. The molecule has 0 aliphatic heterocycles. The maximum absolute atomic E-state index is 12.4. The maximum atomic E-state index is 12.4. The lowest BCUT2D eigenvalue weighted by atomic mass is 10.0. The van der Waals surface area contributed by atoms with Gasteiger partial charge in [-0.3, -0.25) is 9.59 Å². The van der Waals surface area contributed by atoms with Gasteiger partial charge in [-0.2, -0.15) is 0 Å². The van der Waals surface area contributed by atoms with Crippen LogP contribution in [0, 0.1) is 0 Å². The zero-order chi connectivity index (χ0) is 42.3. The van der Waals surface area contributed by atoms with Gasteiger partial charge in [-0.05, 0) is 51.4 Å². The number of unbranched alkanes of at least 4 members (excludes halogenated alkanes) is 34. The van der Waals surface area contributed by atoms with Gasteiger partial charge in [0.15, 0.2) is 0 Å². The molecular formula is C52H99NO5. The predicted molar refractivity (Wildman–Crippen MR) is 250 cm³/mol. The minimum Gasteiger partial charge on any atom is -0.466 e. The molecule has 6 nitrogen and oxygen atoms in total. The molecule has 0 fully saturated rings. The Morgan fingerprint density at radius 2 is 0.828 bits per heavy atom. The average molecular weight is 818 g/mol. The van der Waals surface area contributed by atoms with E-state index in [1.165, 1.54) is 173 Å². The lowest BCUT2D eigenvalue weighted by Gasteiger charge is -2.19. The fourth-order valence-electron chi connectivity index (χ4n) is 7.75. The van der Waals surface area contributed by atoms with E-state index < -0.39 is 12.1 Å². The number of rotatable bonds is 47. The topological polar surface area (TPSA) is 95.9 Å². The zero-order valence-corrected chi connectivity index (χ0v) is 38.8. The molecule has 0 bridgehead atoms. The minimum absolute atomic E-state index is 0.0341. The van der Waals surface area contributed by atoms with Crippen molar-refractivity contribution < 1.29 is 24.5 Å². The summed E-state index contributed by atoms with van der Waals surface area (Å²) in [6.45, 7) is 4.81. The van der Waals surface area contributed by atoms with Crippen molar-refractivity contribution in [1.29, 1.82) is 0 Å². The summed E-state index contributed by atoms with van der Waals surface area (Å²) >= 11 is 0. The fraction of sp³-hybridized carbons (Fsp3) is 0.885. The molecule has 6 heteroatoms. The van der Waals surface area contributed by atoms with E-state index in [1.807, 2.05) is 6.08 Å². The van der Waals surface area contributed by atoms with Gasteiger partial charge in [0.05, 0.1) is 25.4 Å². The zero-order valence-electron chi connectivity index (χ0n) is 38.8. The van der Waals surface area contributed by atoms with E-state index in [4.69, 9.17) is 4.74 Å². The first-order valence-electron chi connectivity index (χ1n) is 25.6. The van der Waals surface area contributed by atoms with Crippen molar-refractivity contribution in [3.8, 4) is 0 Å². The lowest BCUT2D eigenvalue weighted by molar-refractivity contribution is -0.143. The van der Waals surface area contributed by atoms with E-state index in [1.54, 1.807) is 6.08 Å². The van der Waals surface area contributed by atoms with Crippen molar-refractivity contribution in [2.75, 3.05) is 13.2 Å². The van der Waals surface area contributed by atoms with Gasteiger partial charge in [0, 0.05) is 12.8 Å². The second-order valence-electron chi connectivity index (χ2n) is 17.5. The maximum Gasteiger partial charge on any atom is 0.305 e. The summed E-state index contributed by atoms with van der Waals surface area (Å²) < 4.78 is 5.45. The van der Waals surface area contributed by atoms with E-state index >= 15 is 0 Å². The number of aliphatic hydroxyl groups excluding tert-OH is 2. The molecule has 0 saturated heterocycles. The van der Waals surface area contributed by atoms with E-state index in [9.17, 15) is 19.8 Å². The van der Waals surface area contributed by atoms with Gasteiger partial charge in [0.2, 0.25) is 5.91 Å². The van der Waals surface area contributed by atoms with Crippen molar-refractivity contribution in [2.24, 2.45) is 0 Å². The van der Waals surface area contributed by atoms with Crippen LogP contribution in [0.3, 0.4) is 0 Å². The van der Waals surface area contributed by atoms with E-state index in [0.717, 1.165) is 70.6 Å². The van der Waals surface area contributed by atoms with Crippen LogP contribution in [0.15, 0.2) is 24.3 Å². The highest BCUT2D eigenvalue weighted by Gasteiger charge is 2.17. The second-order valence-corrected chi connectivity index (χ2v) is 17.5. The number of amides is 1. The molecule has 58 heavy (non-hydrogen) atoms. The van der Waals surface area contributed by atoms with E-state index in [0.29, 0.717) is 19.4 Å². The van der Waals surface area contributed by atoms with Gasteiger partial charge in [0.1, 0.15) is 0 Å². The predicted octanol–water partition coefficient (Wildman–Crippen LogP) is 15.1. The summed E-state index contributed by atoms with van der Waals surface area (Å²) in [6.07, 6.45) is 56.1. The Kier molecular flexibility index (Phi) is 46.6. The third kappa shape index (κ3) is 43.9. The molecule has 2 atom stereocenters. The summed E-state index contributed by atoms with van der Waals surface area (Å²) in [4.78, 5) is 24.4. The van der Waals surface area contributed by atoms with Crippen LogP contribution < -0.4 is 5.32 Å². The first kappa shape index (κ1) is 56.3. The summed E-state index contributed by atoms with van der Waals surface area (Å²) in [6, 6.07) is -0.664. The molecule has 3 N–H and O–H groups in total. The number of hydrogen-bond donors (Lipinski definition) is 3. The van der Waals surface area contributed by atoms with Crippen molar-refractivity contribution in [1.82, 2.24) is 5.32 Å². The smallest absolute Gasteiger partial charge is 0.305 e. The molecule has 1 amide bonds. The monoisotopic (exact) mass is 818 g/mol. The highest BCUT2D eigenvalue weighted by molar-refractivity contribution is 5.76. The van der Waals surface area contributed by atoms with Crippen LogP contribution in [0.2, 0.25) is 0 Å². The van der Waals surface area contributed by atoms with Gasteiger partial charge in [-0.25, -0.2) is 0 Å². The molecule has 342 valence electrons. The number of hydrogen-bond acceptors (Lipinski definition) is 5. The molecule has 0 aromatic rings. The summed E-state index contributed by atoms with van der Waals surface area (Å²) in [5, 5.41) is 23.0. The molecular weight excluding hydrogens is 719 g/mol. The van der Waals surface area contributed by atoms with Gasteiger partial charge in [0.25, 0.3) is 0 Å². The van der Waals surface area contributed by atoms with E-state index in [2.05, 4.69) is 31.3 Å². The van der Waals surface area contributed by atoms with Crippen molar-refractivity contribution in [3.05, 3.63) is 24.3 Å². The standard InChI is InChI=1S/C52H99NO5/c1-3-5-7-9-11-13-15-17-19-20-21-22-24-26-30-34-38-42-46-52(57)58-47-43-39-35-31-27-29-33-37-41-45-51(56)53-49(48-54)50(55)44-40-36-32-28-25-23-18-16-14-12-10-8-6-4-2/h29,33,40,44,49-50,54-55H,3-28,30-32,34-39,41-43,45-48H2,1-2H3,(H,53,56)/b33-29-,44-40+. The summed E-state index contributed by atoms with van der Waals surface area (Å²) in [5.74, 6) is -0.162. The molecule has 0 aliphatic rings. The number of ether oxygens (including phenoxy) is 1. The van der Waals surface area contributed by atoms with Crippen molar-refractivity contribution >= 4 is 11.9 Å². The molecule has 0 saturated carbocycles. The Hall–Kier alpha value is -1.66. The Labute approximate surface area is 361 Å². The molecule has 0 aromatic carbocycles. The Balaban J connectivity index is 3.54. The van der Waals surface area contributed by atoms with Crippen LogP contribution in [0.5, 0.6) is 0 Å². The van der Waals surface area contributed by atoms with Crippen molar-refractivity contribution in [3.63, 3.8) is 0 Å². The van der Waals surface area contributed by atoms with Gasteiger partial charge in [-0.1, -0.05) is 231 Å². The highest BCUT2D eigenvalue weighted by Crippen LogP contribution is 2.16. The normalized spacial score (nSPS) is 12.8. The first-order valence-corrected chi connectivity index (χ1v) is 25.6. The average Bonchev–Trinajstić information content (AvgIpc) is 3.22. The van der Waals surface area contributed by atoms with Gasteiger partial charge in [-0.15, -0.1) is 0 Å². The number of aliphatic hydroxyl groups is 2. The number of nitrogens with one attached hydrogen (secondary N) is 1. The van der Waals surface area contributed by atoms with Crippen LogP contribution in [0.25, 0.3) is 0 Å². The third-order valence-electron chi connectivity index (χ3n) is 11.7. The number of carbonyl (C=O) groups is 2. The quantitative estimate of drug-likeness (QED) is 0.0323. The van der Waals surface area contributed by atoms with Gasteiger partial charge >= 0.3 is 5.97 Å². The first-order chi connectivity index (χ1) is 28.5. The third-order valence-corrected chi connectivity index (χ3v) is 11.7. The van der Waals surface area contributed by atoms with E-state index in [-0.39, 0.29) is 18.5 Å². The lowest BCUT2D eigenvalue weighted by Crippen LogP contribution is -2.45. The molecule has 0 heterocycles. The fourth-order valence-corrected chi connectivity index (χ4v) is 7.75. The van der Waals surface area contributed by atoms with Crippen molar-refractivity contribution in [2.45, 2.75) is 283 Å². The van der Waals surface area contributed by atoms with Crippen LogP contribution in [0.4, 0.5) is 0 Å². The second kappa shape index (κ2) is 48.0. The number of carbonyl (C=O) groups excluding carboxylic acids is 2. The highest BCUT2D eigenvalue weighted by atomic mass is 16.5. The van der Waals surface area contributed by atoms with Crippen LogP contribution in [-0.2, 0) is 14.3 Å². The number of allylic oxidation sites excluding steroid dienone is 3. The van der Waals surface area contributed by atoms with Crippen LogP contribution in [-0.4, -0.2) is 47.4 Å². The Morgan fingerprint density at radius 3 is 1.26 bits per heavy atom. The number of esters is 1. The SMILES string of the molecule is CCCCCCCCCCCCCC/C=C/C(O)C(CO)NC(=O)CCC/C=C\CCCCCCOC(=O)CCCCCCCCCCCCCCCCCCCC. The molecule has 0 radical (unpaired) electrons. The summed E-state index contributed by atoms with van der Waals surface area (Å²) in [5.41, 5.74) is 0. The molecule has 0 aromatic heterocycles. The Bertz CT molecular complexity index is 904. The molecule has 2 unspecified atom stereocenters. The summed E-state index contributed by atoms with van der Waals surface area (Å²) in [7, 11) is 0. The molecule has 0 rings (SSSR count). The van der Waals surface area contributed by atoms with Crippen LogP contribution in [0.1, 0.15) is 271 Å². The molecule has 0 spiro atoms. The minimum atomic E-state index is -0.874. The largest absolute Gasteiger partial charge is 0.466 e. The van der Waals surface area contributed by atoms with Crippen LogP contribution >= 0.6 is 0 Å². The Morgan fingerprint density at radius 1 is 0.466 bits per heavy atom. The van der Waals surface area contributed by atoms with Gasteiger partial charge < -0.3 is 20.3 Å².